The Kier molecular flexibility index (Phi) is 7.05. The van der Waals surface area contributed by atoms with Crippen LogP contribution in [0.15, 0.2) is 12.3 Å². The molecule has 6 heteroatoms. The molecular weight excluding hydrogens is 232 g/mol. The maximum absolute atomic E-state index is 11.4. The van der Waals surface area contributed by atoms with E-state index < -0.39 is 0 Å². The topological polar surface area (TPSA) is 68.2 Å². The number of hydrogen-bond acceptors (Lipinski definition) is 4. The summed E-state index contributed by atoms with van der Waals surface area (Å²) in [6.45, 7) is 2.43. The molecule has 1 heterocycles. The van der Waals surface area contributed by atoms with Crippen molar-refractivity contribution in [2.75, 3.05) is 33.4 Å². The number of rotatable bonds is 9. The van der Waals surface area contributed by atoms with Gasteiger partial charge in [0.2, 0.25) is 5.91 Å². The summed E-state index contributed by atoms with van der Waals surface area (Å²) in [4.78, 5) is 11.4. The summed E-state index contributed by atoms with van der Waals surface area (Å²) >= 11 is 0. The van der Waals surface area contributed by atoms with Crippen LogP contribution in [0.1, 0.15) is 12.1 Å². The molecule has 2 N–H and O–H groups in total. The molecule has 0 unspecified atom stereocenters. The number of hydrogen-bond donors (Lipinski definition) is 2. The smallest absolute Gasteiger partial charge is 0.233 e. The zero-order valence-corrected chi connectivity index (χ0v) is 11.1. The second kappa shape index (κ2) is 8.66. The van der Waals surface area contributed by atoms with Crippen LogP contribution < -0.4 is 10.6 Å². The normalized spacial score (nSPS) is 10.6. The lowest BCUT2D eigenvalue weighted by Gasteiger charge is -2.05. The van der Waals surface area contributed by atoms with Gasteiger partial charge in [0.25, 0.3) is 0 Å². The zero-order chi connectivity index (χ0) is 13.2. The van der Waals surface area contributed by atoms with E-state index in [1.807, 2.05) is 19.3 Å². The predicted molar refractivity (Wildman–Crippen MR) is 69.3 cm³/mol. The minimum Gasteiger partial charge on any atom is -0.385 e. The van der Waals surface area contributed by atoms with Crippen LogP contribution in [0.25, 0.3) is 0 Å². The molecule has 0 spiro atoms. The Labute approximate surface area is 108 Å². The summed E-state index contributed by atoms with van der Waals surface area (Å²) in [5, 5.41) is 10.2. The first-order valence-electron chi connectivity index (χ1n) is 6.17. The first-order valence-corrected chi connectivity index (χ1v) is 6.17. The third-order valence-corrected chi connectivity index (χ3v) is 2.46. The molecule has 0 saturated heterocycles. The molecule has 1 aromatic heterocycles. The van der Waals surface area contributed by atoms with Gasteiger partial charge in [-0.2, -0.15) is 5.10 Å². The molecule has 0 bridgehead atoms. The summed E-state index contributed by atoms with van der Waals surface area (Å²) < 4.78 is 6.67. The first kappa shape index (κ1) is 14.7. The van der Waals surface area contributed by atoms with Crippen molar-refractivity contribution in [3.05, 3.63) is 18.0 Å². The third kappa shape index (κ3) is 6.36. The van der Waals surface area contributed by atoms with Crippen molar-refractivity contribution in [2.45, 2.75) is 12.8 Å². The SMILES string of the molecule is COCCCNC(=O)CNCCc1ccn(C)n1. The molecule has 0 radical (unpaired) electrons. The highest BCUT2D eigenvalue weighted by atomic mass is 16.5. The second-order valence-electron chi connectivity index (χ2n) is 4.10. The van der Waals surface area contributed by atoms with E-state index in [1.165, 1.54) is 0 Å². The van der Waals surface area contributed by atoms with Crippen molar-refractivity contribution in [3.63, 3.8) is 0 Å². The molecule has 102 valence electrons. The van der Waals surface area contributed by atoms with Crippen LogP contribution >= 0.6 is 0 Å². The van der Waals surface area contributed by atoms with E-state index in [2.05, 4.69) is 15.7 Å². The fraction of sp³-hybridized carbons (Fsp3) is 0.667. The molecule has 1 aromatic rings. The van der Waals surface area contributed by atoms with E-state index in [0.717, 1.165) is 25.1 Å². The summed E-state index contributed by atoms with van der Waals surface area (Å²) in [7, 11) is 3.55. The Morgan fingerprint density at radius 3 is 3.00 bits per heavy atom. The van der Waals surface area contributed by atoms with Gasteiger partial charge in [-0.15, -0.1) is 0 Å². The quantitative estimate of drug-likeness (QED) is 0.594. The predicted octanol–water partition coefficient (Wildman–Crippen LogP) is -0.295. The number of methoxy groups -OCH3 is 1. The number of amides is 1. The maximum Gasteiger partial charge on any atom is 0.233 e. The molecule has 0 saturated carbocycles. The van der Waals surface area contributed by atoms with E-state index in [1.54, 1.807) is 11.8 Å². The molecule has 0 atom stereocenters. The highest BCUT2D eigenvalue weighted by Gasteiger charge is 2.00. The Morgan fingerprint density at radius 1 is 1.50 bits per heavy atom. The fourth-order valence-corrected chi connectivity index (χ4v) is 1.52. The number of aromatic nitrogens is 2. The molecule has 0 aromatic carbocycles. The van der Waals surface area contributed by atoms with Crippen LogP contribution in [0, 0.1) is 0 Å². The molecule has 0 aliphatic carbocycles. The van der Waals surface area contributed by atoms with Crippen molar-refractivity contribution in [1.29, 1.82) is 0 Å². The van der Waals surface area contributed by atoms with Gasteiger partial charge in [0.1, 0.15) is 0 Å². The van der Waals surface area contributed by atoms with Crippen molar-refractivity contribution in [2.24, 2.45) is 7.05 Å². The van der Waals surface area contributed by atoms with E-state index in [4.69, 9.17) is 4.74 Å². The second-order valence-corrected chi connectivity index (χ2v) is 4.10. The van der Waals surface area contributed by atoms with Gasteiger partial charge in [-0.1, -0.05) is 0 Å². The lowest BCUT2D eigenvalue weighted by Crippen LogP contribution is -2.35. The highest BCUT2D eigenvalue weighted by Crippen LogP contribution is 1.93. The van der Waals surface area contributed by atoms with Crippen LogP contribution in [-0.2, 0) is 23.0 Å². The molecule has 0 fully saturated rings. The van der Waals surface area contributed by atoms with Crippen LogP contribution in [-0.4, -0.2) is 49.0 Å². The van der Waals surface area contributed by atoms with Gasteiger partial charge in [-0.05, 0) is 12.5 Å². The van der Waals surface area contributed by atoms with Gasteiger partial charge in [-0.25, -0.2) is 0 Å². The Balaban J connectivity index is 1.98. The molecule has 6 nitrogen and oxygen atoms in total. The van der Waals surface area contributed by atoms with Crippen LogP contribution in [0.4, 0.5) is 0 Å². The van der Waals surface area contributed by atoms with E-state index in [-0.39, 0.29) is 5.91 Å². The Morgan fingerprint density at radius 2 is 2.33 bits per heavy atom. The van der Waals surface area contributed by atoms with E-state index in [0.29, 0.717) is 19.7 Å². The van der Waals surface area contributed by atoms with E-state index in [9.17, 15) is 4.79 Å². The van der Waals surface area contributed by atoms with Gasteiger partial charge in [0.05, 0.1) is 12.2 Å². The minimum absolute atomic E-state index is 0.0205. The summed E-state index contributed by atoms with van der Waals surface area (Å²) in [6.07, 6.45) is 3.59. The Bertz CT molecular complexity index is 352. The van der Waals surface area contributed by atoms with Crippen LogP contribution in [0.3, 0.4) is 0 Å². The van der Waals surface area contributed by atoms with Gasteiger partial charge in [0, 0.05) is 46.5 Å². The first-order chi connectivity index (χ1) is 8.72. The standard InChI is InChI=1S/C12H22N4O2/c1-16-8-5-11(15-16)4-7-13-10-12(17)14-6-3-9-18-2/h5,8,13H,3-4,6-7,9-10H2,1-2H3,(H,14,17). The number of nitrogens with one attached hydrogen (secondary N) is 2. The Hall–Kier alpha value is -1.40. The van der Waals surface area contributed by atoms with Gasteiger partial charge >= 0.3 is 0 Å². The molecule has 0 aliphatic rings. The molecule has 0 aliphatic heterocycles. The van der Waals surface area contributed by atoms with Gasteiger partial charge in [-0.3, -0.25) is 9.48 Å². The molecule has 1 rings (SSSR count). The summed E-state index contributed by atoms with van der Waals surface area (Å²) in [5.41, 5.74) is 1.03. The lowest BCUT2D eigenvalue weighted by atomic mass is 10.3. The van der Waals surface area contributed by atoms with Crippen molar-refractivity contribution in [3.8, 4) is 0 Å². The number of carbonyl (C=O) groups is 1. The van der Waals surface area contributed by atoms with E-state index >= 15 is 0 Å². The van der Waals surface area contributed by atoms with Gasteiger partial charge in [0.15, 0.2) is 0 Å². The number of carbonyl (C=O) groups excluding carboxylic acids is 1. The lowest BCUT2D eigenvalue weighted by molar-refractivity contribution is -0.120. The molecule has 18 heavy (non-hydrogen) atoms. The van der Waals surface area contributed by atoms with Gasteiger partial charge < -0.3 is 15.4 Å². The molecule has 1 amide bonds. The van der Waals surface area contributed by atoms with Crippen molar-refractivity contribution in [1.82, 2.24) is 20.4 Å². The number of ether oxygens (including phenoxy) is 1. The fourth-order valence-electron chi connectivity index (χ4n) is 1.52. The number of nitrogens with zero attached hydrogens (tertiary/aromatic N) is 2. The highest BCUT2D eigenvalue weighted by molar-refractivity contribution is 5.77. The summed E-state index contributed by atoms with van der Waals surface area (Å²) in [6, 6.07) is 1.98. The minimum atomic E-state index is 0.0205. The molecular formula is C12H22N4O2. The largest absolute Gasteiger partial charge is 0.385 e. The average molecular weight is 254 g/mol. The van der Waals surface area contributed by atoms with Crippen LogP contribution in [0.5, 0.6) is 0 Å². The third-order valence-electron chi connectivity index (χ3n) is 2.46. The van der Waals surface area contributed by atoms with Crippen molar-refractivity contribution < 1.29 is 9.53 Å². The maximum atomic E-state index is 11.4. The zero-order valence-electron chi connectivity index (χ0n) is 11.1. The average Bonchev–Trinajstić information content (AvgIpc) is 2.76. The van der Waals surface area contributed by atoms with Crippen LogP contribution in [0.2, 0.25) is 0 Å². The van der Waals surface area contributed by atoms with Crippen molar-refractivity contribution >= 4 is 5.91 Å². The number of aryl methyl sites for hydroxylation is 1. The summed E-state index contributed by atoms with van der Waals surface area (Å²) in [5.74, 6) is 0.0205. The monoisotopic (exact) mass is 254 g/mol.